The van der Waals surface area contributed by atoms with Crippen LogP contribution in [0.5, 0.6) is 5.75 Å². The quantitative estimate of drug-likeness (QED) is 0.371. The molecule has 6 nitrogen and oxygen atoms in total. The third-order valence-electron chi connectivity index (χ3n) is 6.18. The maximum absolute atomic E-state index is 6.10. The van der Waals surface area contributed by atoms with E-state index in [1.807, 2.05) is 65.8 Å². The minimum absolute atomic E-state index is 0.321. The molecular formula is C26H23N5O. The molecule has 0 bridgehead atoms. The molecule has 6 heteroatoms. The summed E-state index contributed by atoms with van der Waals surface area (Å²) in [6.07, 6.45) is 15.7. The molecule has 0 saturated heterocycles. The topological polar surface area (TPSA) is 65.2 Å². The number of aromatic nitrogens is 5. The third kappa shape index (κ3) is 3.47. The number of pyridine rings is 2. The van der Waals surface area contributed by atoms with Crippen LogP contribution in [0, 0.1) is 0 Å². The van der Waals surface area contributed by atoms with E-state index in [0.29, 0.717) is 6.10 Å². The van der Waals surface area contributed by atoms with Crippen molar-refractivity contribution >= 4 is 16.6 Å². The first-order valence-electron chi connectivity index (χ1n) is 11.2. The lowest BCUT2D eigenvalue weighted by Crippen LogP contribution is -2.19. The Morgan fingerprint density at radius 1 is 0.812 bits per heavy atom. The molecule has 1 aliphatic carbocycles. The molecule has 1 aromatic carbocycles. The van der Waals surface area contributed by atoms with Gasteiger partial charge in [0.1, 0.15) is 5.75 Å². The van der Waals surface area contributed by atoms with Gasteiger partial charge in [-0.25, -0.2) is 9.50 Å². The first-order valence-corrected chi connectivity index (χ1v) is 11.2. The fourth-order valence-electron chi connectivity index (χ4n) is 4.53. The van der Waals surface area contributed by atoms with Gasteiger partial charge in [-0.15, -0.1) is 0 Å². The highest BCUT2D eigenvalue weighted by Crippen LogP contribution is 2.31. The summed E-state index contributed by atoms with van der Waals surface area (Å²) in [6.45, 7) is 0. The number of benzene rings is 1. The predicted molar refractivity (Wildman–Crippen MR) is 124 cm³/mol. The highest BCUT2D eigenvalue weighted by atomic mass is 16.5. The van der Waals surface area contributed by atoms with E-state index in [2.05, 4.69) is 27.2 Å². The van der Waals surface area contributed by atoms with E-state index in [4.69, 9.17) is 9.72 Å². The van der Waals surface area contributed by atoms with Crippen molar-refractivity contribution in [3.05, 3.63) is 73.4 Å². The molecule has 5 aromatic rings. The first-order chi connectivity index (χ1) is 15.8. The summed E-state index contributed by atoms with van der Waals surface area (Å²) in [5.74, 6) is 0.834. The minimum atomic E-state index is 0.321. The zero-order valence-corrected chi connectivity index (χ0v) is 17.7. The van der Waals surface area contributed by atoms with Crippen LogP contribution in [0.15, 0.2) is 73.4 Å². The van der Waals surface area contributed by atoms with Gasteiger partial charge < -0.3 is 4.74 Å². The van der Waals surface area contributed by atoms with Gasteiger partial charge in [0.2, 0.25) is 0 Å². The molecule has 0 amide bonds. The van der Waals surface area contributed by atoms with Crippen LogP contribution in [0.3, 0.4) is 0 Å². The van der Waals surface area contributed by atoms with E-state index >= 15 is 0 Å². The summed E-state index contributed by atoms with van der Waals surface area (Å²) in [4.78, 5) is 13.8. The molecule has 0 unspecified atom stereocenters. The highest BCUT2D eigenvalue weighted by Gasteiger charge is 2.16. The molecule has 1 fully saturated rings. The lowest BCUT2D eigenvalue weighted by Gasteiger charge is -2.22. The Hall–Kier alpha value is -3.80. The summed E-state index contributed by atoms with van der Waals surface area (Å²) in [5.41, 5.74) is 5.59. The molecule has 0 atom stereocenters. The fraction of sp³-hybridized carbons (Fsp3) is 0.231. The van der Waals surface area contributed by atoms with Crippen molar-refractivity contribution in [3.63, 3.8) is 0 Å². The van der Waals surface area contributed by atoms with Gasteiger partial charge >= 0.3 is 0 Å². The lowest BCUT2D eigenvalue weighted by atomic mass is 9.98. The van der Waals surface area contributed by atoms with Crippen molar-refractivity contribution in [2.75, 3.05) is 0 Å². The van der Waals surface area contributed by atoms with Crippen LogP contribution in [0.2, 0.25) is 0 Å². The normalized spacial score (nSPS) is 14.8. The molecule has 4 heterocycles. The highest BCUT2D eigenvalue weighted by molar-refractivity contribution is 5.97. The molecule has 1 saturated carbocycles. The maximum atomic E-state index is 6.10. The number of rotatable bonds is 4. The van der Waals surface area contributed by atoms with E-state index < -0.39 is 0 Å². The number of nitrogens with zero attached hydrogens (tertiary/aromatic N) is 5. The summed E-state index contributed by atoms with van der Waals surface area (Å²) < 4.78 is 7.92. The van der Waals surface area contributed by atoms with Crippen molar-refractivity contribution in [1.82, 2.24) is 24.6 Å². The van der Waals surface area contributed by atoms with Crippen LogP contribution in [0.4, 0.5) is 0 Å². The molecule has 4 aromatic heterocycles. The summed E-state index contributed by atoms with van der Waals surface area (Å²) in [7, 11) is 0. The van der Waals surface area contributed by atoms with Crippen molar-refractivity contribution in [2.24, 2.45) is 0 Å². The van der Waals surface area contributed by atoms with Gasteiger partial charge in [0.25, 0.3) is 0 Å². The molecule has 6 rings (SSSR count). The Labute approximate surface area is 185 Å². The molecular weight excluding hydrogens is 398 g/mol. The molecule has 0 N–H and O–H groups in total. The van der Waals surface area contributed by atoms with Gasteiger partial charge in [-0.3, -0.25) is 9.97 Å². The second kappa shape index (κ2) is 8.04. The van der Waals surface area contributed by atoms with Gasteiger partial charge in [0, 0.05) is 35.1 Å². The SMILES string of the molecule is c1cc(-c2cnn3cc(-c4ccc(OC5CCCCC5)cn4)cnc23)c2cccnc2c1. The molecule has 0 spiro atoms. The van der Waals surface area contributed by atoms with Gasteiger partial charge in [0.05, 0.1) is 29.7 Å². The maximum Gasteiger partial charge on any atom is 0.162 e. The van der Waals surface area contributed by atoms with E-state index in [1.165, 1.54) is 19.3 Å². The van der Waals surface area contributed by atoms with Crippen molar-refractivity contribution in [1.29, 1.82) is 0 Å². The average Bonchev–Trinajstić information content (AvgIpc) is 3.28. The van der Waals surface area contributed by atoms with E-state index in [9.17, 15) is 0 Å². The van der Waals surface area contributed by atoms with Crippen molar-refractivity contribution in [3.8, 4) is 28.1 Å². The van der Waals surface area contributed by atoms with E-state index in [0.717, 1.165) is 57.5 Å². The van der Waals surface area contributed by atoms with Gasteiger partial charge in [-0.2, -0.15) is 5.10 Å². The minimum Gasteiger partial charge on any atom is -0.489 e. The van der Waals surface area contributed by atoms with Crippen LogP contribution >= 0.6 is 0 Å². The second-order valence-electron chi connectivity index (χ2n) is 8.30. The third-order valence-corrected chi connectivity index (χ3v) is 6.18. The average molecular weight is 422 g/mol. The Balaban J connectivity index is 1.30. The molecule has 0 radical (unpaired) electrons. The number of ether oxygens (including phenoxy) is 1. The van der Waals surface area contributed by atoms with Crippen LogP contribution in [-0.4, -0.2) is 30.7 Å². The van der Waals surface area contributed by atoms with E-state index in [1.54, 1.807) is 0 Å². The predicted octanol–water partition coefficient (Wildman–Crippen LogP) is 5.72. The van der Waals surface area contributed by atoms with E-state index in [-0.39, 0.29) is 0 Å². The van der Waals surface area contributed by atoms with Crippen LogP contribution in [0.1, 0.15) is 32.1 Å². The van der Waals surface area contributed by atoms with Gasteiger partial charge in [0.15, 0.2) is 5.65 Å². The largest absolute Gasteiger partial charge is 0.489 e. The van der Waals surface area contributed by atoms with Gasteiger partial charge in [-0.1, -0.05) is 24.6 Å². The van der Waals surface area contributed by atoms with Crippen molar-refractivity contribution < 1.29 is 4.74 Å². The Kier molecular flexibility index (Phi) is 4.75. The molecule has 32 heavy (non-hydrogen) atoms. The standard InChI is InChI=1S/C26H23N5O/c1-2-6-19(7-3-1)32-20-11-12-24(28-15-20)18-14-29-26-23(16-30-31(26)17-18)21-8-4-10-25-22(21)9-5-13-27-25/h4-5,8-17,19H,1-3,6-7H2. The smallest absolute Gasteiger partial charge is 0.162 e. The molecule has 1 aliphatic rings. The Morgan fingerprint density at radius 2 is 1.75 bits per heavy atom. The number of hydrogen-bond acceptors (Lipinski definition) is 5. The van der Waals surface area contributed by atoms with Crippen LogP contribution in [-0.2, 0) is 0 Å². The summed E-state index contributed by atoms with van der Waals surface area (Å²) >= 11 is 0. The number of hydrogen-bond donors (Lipinski definition) is 0. The monoisotopic (exact) mass is 421 g/mol. The second-order valence-corrected chi connectivity index (χ2v) is 8.30. The van der Waals surface area contributed by atoms with Crippen LogP contribution < -0.4 is 4.74 Å². The molecule has 158 valence electrons. The lowest BCUT2D eigenvalue weighted by molar-refractivity contribution is 0.154. The van der Waals surface area contributed by atoms with Gasteiger partial charge in [-0.05, 0) is 55.5 Å². The first kappa shape index (κ1) is 18.9. The Bertz CT molecular complexity index is 1380. The zero-order chi connectivity index (χ0) is 21.3. The van der Waals surface area contributed by atoms with Crippen molar-refractivity contribution in [2.45, 2.75) is 38.2 Å². The number of fused-ring (bicyclic) bond motifs is 2. The zero-order valence-electron chi connectivity index (χ0n) is 17.7. The van der Waals surface area contributed by atoms with Crippen LogP contribution in [0.25, 0.3) is 38.9 Å². The Morgan fingerprint density at radius 3 is 2.62 bits per heavy atom. The molecule has 0 aliphatic heterocycles. The summed E-state index contributed by atoms with van der Waals surface area (Å²) in [6, 6.07) is 14.1. The fourth-order valence-corrected chi connectivity index (χ4v) is 4.53. The summed E-state index contributed by atoms with van der Waals surface area (Å²) in [5, 5.41) is 5.65.